The van der Waals surface area contributed by atoms with Gasteiger partial charge in [0.1, 0.15) is 17.8 Å². The number of piperazine rings is 1. The van der Waals surface area contributed by atoms with Crippen molar-refractivity contribution in [3.8, 4) is 0 Å². The first-order valence-corrected chi connectivity index (χ1v) is 14.4. The summed E-state index contributed by atoms with van der Waals surface area (Å²) < 4.78 is 3.67. The highest BCUT2D eigenvalue weighted by atomic mass is 16.2. The molecule has 3 aromatic rings. The summed E-state index contributed by atoms with van der Waals surface area (Å²) in [5, 5.41) is 18.9. The average Bonchev–Trinajstić information content (AvgIpc) is 3.54. The number of aryl methyl sites for hydroxylation is 3. The fraction of sp³-hybridized carbons (Fsp3) is 0.517. The Balaban J connectivity index is 1.42. The molecule has 41 heavy (non-hydrogen) atoms. The van der Waals surface area contributed by atoms with E-state index in [2.05, 4.69) is 44.8 Å². The molecule has 0 unspecified atom stereocenters. The highest BCUT2D eigenvalue weighted by molar-refractivity contribution is 5.92. The van der Waals surface area contributed by atoms with E-state index in [1.807, 2.05) is 41.9 Å². The van der Waals surface area contributed by atoms with Gasteiger partial charge in [-0.2, -0.15) is 5.10 Å². The number of nitrogens with zero attached hydrogens (tertiary/aromatic N) is 7. The first kappa shape index (κ1) is 28.5. The van der Waals surface area contributed by atoms with Crippen LogP contribution in [0.2, 0.25) is 0 Å². The maximum atomic E-state index is 14.1. The fourth-order valence-electron chi connectivity index (χ4n) is 5.71. The van der Waals surface area contributed by atoms with Gasteiger partial charge in [0.2, 0.25) is 17.7 Å². The number of hydrogen-bond donors (Lipinski definition) is 2. The number of fused-ring (bicyclic) bond motifs is 3. The quantitative estimate of drug-likeness (QED) is 0.475. The standard InChI is InChI=1S/C29H39N9O3/c1-4-38-21(3)24(20(2)33-38)18-35-13-14-37-26(19-35)28(40)30-16-23-17-36(34-32-23)12-8-11-27(39)31-25(29(37)41)15-22-9-6-5-7-10-22/h5-7,9-10,17,25-26H,4,8,11-16,18-19H2,1-3H3,(H,30,40)(H,31,39)/t25-,26+/m0/s1. The van der Waals surface area contributed by atoms with E-state index in [1.165, 1.54) is 0 Å². The van der Waals surface area contributed by atoms with Crippen LogP contribution in [-0.4, -0.2) is 84.0 Å². The zero-order valence-electron chi connectivity index (χ0n) is 24.0. The summed E-state index contributed by atoms with van der Waals surface area (Å²) in [6, 6.07) is 8.14. The van der Waals surface area contributed by atoms with Crippen molar-refractivity contribution in [3.05, 3.63) is 64.7 Å². The predicted octanol–water partition coefficient (Wildman–Crippen LogP) is 0.962. The molecule has 2 aliphatic rings. The molecule has 5 rings (SSSR count). The van der Waals surface area contributed by atoms with Gasteiger partial charge in [-0.25, -0.2) is 0 Å². The van der Waals surface area contributed by atoms with E-state index in [-0.39, 0.29) is 30.7 Å². The second-order valence-corrected chi connectivity index (χ2v) is 10.9. The molecule has 1 aromatic carbocycles. The second-order valence-electron chi connectivity index (χ2n) is 10.9. The van der Waals surface area contributed by atoms with E-state index in [0.29, 0.717) is 51.3 Å². The van der Waals surface area contributed by atoms with Crippen molar-refractivity contribution in [3.63, 3.8) is 0 Å². The molecule has 2 N–H and O–H groups in total. The van der Waals surface area contributed by atoms with Gasteiger partial charge in [0.05, 0.1) is 18.4 Å². The van der Waals surface area contributed by atoms with E-state index in [0.717, 1.165) is 29.1 Å². The number of aromatic nitrogens is 5. The number of rotatable bonds is 5. The molecule has 0 spiro atoms. The average molecular weight is 562 g/mol. The van der Waals surface area contributed by atoms with Gasteiger partial charge in [0.15, 0.2) is 0 Å². The summed E-state index contributed by atoms with van der Waals surface area (Å²) in [7, 11) is 0. The van der Waals surface area contributed by atoms with Gasteiger partial charge in [0, 0.05) is 63.4 Å². The van der Waals surface area contributed by atoms with Crippen LogP contribution in [0.4, 0.5) is 0 Å². The van der Waals surface area contributed by atoms with E-state index in [9.17, 15) is 14.4 Å². The monoisotopic (exact) mass is 561 g/mol. The maximum absolute atomic E-state index is 14.1. The molecule has 2 aliphatic heterocycles. The molecule has 1 fully saturated rings. The molecule has 0 saturated carbocycles. The van der Waals surface area contributed by atoms with Crippen molar-refractivity contribution in [1.29, 1.82) is 0 Å². The summed E-state index contributed by atoms with van der Waals surface area (Å²) in [4.78, 5) is 44.6. The van der Waals surface area contributed by atoms with Crippen LogP contribution in [0, 0.1) is 13.8 Å². The van der Waals surface area contributed by atoms with Crippen molar-refractivity contribution < 1.29 is 14.4 Å². The Bertz CT molecular complexity index is 1380. The highest BCUT2D eigenvalue weighted by Gasteiger charge is 2.39. The lowest BCUT2D eigenvalue weighted by Gasteiger charge is -2.42. The van der Waals surface area contributed by atoms with Crippen LogP contribution in [0.1, 0.15) is 48.0 Å². The zero-order valence-corrected chi connectivity index (χ0v) is 24.0. The van der Waals surface area contributed by atoms with Gasteiger partial charge < -0.3 is 15.5 Å². The predicted molar refractivity (Wildman–Crippen MR) is 151 cm³/mol. The Labute approximate surface area is 240 Å². The smallest absolute Gasteiger partial charge is 0.246 e. The minimum Gasteiger partial charge on any atom is -0.348 e. The molecule has 218 valence electrons. The van der Waals surface area contributed by atoms with Gasteiger partial charge in [0.25, 0.3) is 0 Å². The van der Waals surface area contributed by atoms with Crippen LogP contribution in [0.15, 0.2) is 36.5 Å². The van der Waals surface area contributed by atoms with Crippen molar-refractivity contribution in [2.75, 3.05) is 19.6 Å². The molecule has 2 atom stereocenters. The number of benzene rings is 1. The molecule has 1 saturated heterocycles. The number of carbonyl (C=O) groups is 3. The van der Waals surface area contributed by atoms with E-state index in [1.54, 1.807) is 15.8 Å². The van der Waals surface area contributed by atoms with Crippen molar-refractivity contribution in [1.82, 2.24) is 45.2 Å². The molecule has 0 radical (unpaired) electrons. The van der Waals surface area contributed by atoms with Crippen LogP contribution in [-0.2, 0) is 47.0 Å². The summed E-state index contributed by atoms with van der Waals surface area (Å²) in [6.07, 6.45) is 2.94. The lowest BCUT2D eigenvalue weighted by atomic mass is 10.0. The third-order valence-electron chi connectivity index (χ3n) is 8.00. The van der Waals surface area contributed by atoms with E-state index >= 15 is 0 Å². The van der Waals surface area contributed by atoms with Crippen LogP contribution >= 0.6 is 0 Å². The Morgan fingerprint density at radius 1 is 1.05 bits per heavy atom. The van der Waals surface area contributed by atoms with Gasteiger partial charge in [-0.15, -0.1) is 5.10 Å². The first-order chi connectivity index (χ1) is 19.8. The Kier molecular flexibility index (Phi) is 8.77. The normalized spacial score (nSPS) is 21.0. The molecule has 3 amide bonds. The lowest BCUT2D eigenvalue weighted by molar-refractivity contribution is -0.146. The zero-order chi connectivity index (χ0) is 28.9. The van der Waals surface area contributed by atoms with Crippen molar-refractivity contribution >= 4 is 17.7 Å². The summed E-state index contributed by atoms with van der Waals surface area (Å²) >= 11 is 0. The van der Waals surface area contributed by atoms with Crippen molar-refractivity contribution in [2.24, 2.45) is 0 Å². The van der Waals surface area contributed by atoms with E-state index < -0.39 is 12.1 Å². The minimum absolute atomic E-state index is 0.201. The summed E-state index contributed by atoms with van der Waals surface area (Å²) in [6.45, 7) is 9.65. The van der Waals surface area contributed by atoms with Crippen molar-refractivity contribution in [2.45, 2.75) is 78.3 Å². The number of hydrogen-bond acceptors (Lipinski definition) is 7. The topological polar surface area (TPSA) is 130 Å². The number of nitrogens with one attached hydrogen (secondary N) is 2. The summed E-state index contributed by atoms with van der Waals surface area (Å²) in [5.74, 6) is -0.699. The minimum atomic E-state index is -0.776. The molecule has 2 bridgehead atoms. The highest BCUT2D eigenvalue weighted by Crippen LogP contribution is 2.20. The van der Waals surface area contributed by atoms with Crippen LogP contribution in [0.5, 0.6) is 0 Å². The van der Waals surface area contributed by atoms with Gasteiger partial charge in [-0.1, -0.05) is 35.5 Å². The maximum Gasteiger partial charge on any atom is 0.246 e. The first-order valence-electron chi connectivity index (χ1n) is 14.4. The molecule has 2 aromatic heterocycles. The molecular formula is C29H39N9O3. The third-order valence-corrected chi connectivity index (χ3v) is 8.00. The number of carbonyl (C=O) groups excluding carboxylic acids is 3. The Morgan fingerprint density at radius 2 is 1.85 bits per heavy atom. The third kappa shape index (κ3) is 6.64. The molecular weight excluding hydrogens is 522 g/mol. The van der Waals surface area contributed by atoms with Gasteiger partial charge in [-0.05, 0) is 32.8 Å². The Morgan fingerprint density at radius 3 is 2.61 bits per heavy atom. The van der Waals surface area contributed by atoms with Crippen LogP contribution < -0.4 is 10.6 Å². The van der Waals surface area contributed by atoms with E-state index in [4.69, 9.17) is 0 Å². The summed E-state index contributed by atoms with van der Waals surface area (Å²) in [5.41, 5.74) is 4.81. The lowest BCUT2D eigenvalue weighted by Crippen LogP contribution is -2.63. The van der Waals surface area contributed by atoms with Crippen LogP contribution in [0.3, 0.4) is 0 Å². The van der Waals surface area contributed by atoms with Crippen LogP contribution in [0.25, 0.3) is 0 Å². The molecule has 12 heteroatoms. The number of amides is 3. The Hall–Kier alpha value is -4.06. The fourth-order valence-corrected chi connectivity index (χ4v) is 5.71. The van der Waals surface area contributed by atoms with Gasteiger partial charge >= 0.3 is 0 Å². The largest absolute Gasteiger partial charge is 0.348 e. The van der Waals surface area contributed by atoms with Gasteiger partial charge in [-0.3, -0.25) is 28.6 Å². The molecule has 4 heterocycles. The SMILES string of the molecule is CCn1nc(C)c(CN2CCN3C(=O)[C@H](Cc4ccccc4)NC(=O)CCCn4cc(nn4)CNC(=O)[C@H]3C2)c1C. The second kappa shape index (κ2) is 12.6. The molecule has 0 aliphatic carbocycles. The molecule has 12 nitrogen and oxygen atoms in total.